The number of hydrogen-bond donors (Lipinski definition) is 1. The van der Waals surface area contributed by atoms with E-state index in [1.165, 1.54) is 57.8 Å². The van der Waals surface area contributed by atoms with Crippen molar-refractivity contribution >= 4 is 5.97 Å². The summed E-state index contributed by atoms with van der Waals surface area (Å²) in [5, 5.41) is 9.76. The molecule has 0 amide bonds. The van der Waals surface area contributed by atoms with Crippen molar-refractivity contribution < 1.29 is 14.3 Å². The number of carboxylic acids is 1. The van der Waals surface area contributed by atoms with Gasteiger partial charge in [-0.3, -0.25) is 4.79 Å². The first-order valence-electron chi connectivity index (χ1n) is 17.6. The lowest BCUT2D eigenvalue weighted by atomic mass is 9.32. The van der Waals surface area contributed by atoms with Crippen LogP contribution < -0.4 is 0 Å². The van der Waals surface area contributed by atoms with Gasteiger partial charge >= 0.3 is 5.97 Å². The molecule has 0 radical (unpaired) electrons. The fourth-order valence-electron chi connectivity index (χ4n) is 14.0. The lowest BCUT2D eigenvalue weighted by Gasteiger charge is -2.72. The van der Waals surface area contributed by atoms with E-state index in [9.17, 15) is 14.3 Å². The molecule has 0 aromatic heterocycles. The first-order valence-corrected chi connectivity index (χ1v) is 17.6. The third kappa shape index (κ3) is 3.93. The quantitative estimate of drug-likeness (QED) is 0.343. The van der Waals surface area contributed by atoms with E-state index in [-0.39, 0.29) is 5.41 Å². The number of hydrogen-bond acceptors (Lipinski definition) is 1. The van der Waals surface area contributed by atoms with Crippen LogP contribution in [0.5, 0.6) is 0 Å². The molecule has 0 aromatic rings. The number of rotatable bonds is 4. The van der Waals surface area contributed by atoms with Gasteiger partial charge in [-0.05, 0) is 152 Å². The van der Waals surface area contributed by atoms with Crippen molar-refractivity contribution in [1.82, 2.24) is 0 Å². The van der Waals surface area contributed by atoms with Crippen molar-refractivity contribution in [2.24, 2.45) is 73.9 Å². The van der Waals surface area contributed by atoms with Gasteiger partial charge in [-0.1, -0.05) is 67.0 Å². The standard InChI is InChI=1S/C38H61FO2/c1-24(2)26-13-16-34(5)21-22-36(7)28(31(26)34)9-10-30-35(6)17-14-27(33(3,4)29(35)15-18-37(30,36)8)25-11-19-38(23-39,20-12-25)32(40)41/h14,24-26,28-31H,9-13,15-23H2,1-8H3,(H,40,41)/t25?,26-,28+,29-,30+,31+,34+,35-,36+,37+,38?/m0/s1. The molecule has 232 valence electrons. The van der Waals surface area contributed by atoms with Gasteiger partial charge in [0, 0.05) is 0 Å². The van der Waals surface area contributed by atoms with Gasteiger partial charge in [0.1, 0.15) is 6.67 Å². The van der Waals surface area contributed by atoms with E-state index in [1.54, 1.807) is 5.57 Å². The molecule has 0 aliphatic heterocycles. The third-order valence-corrected chi connectivity index (χ3v) is 16.5. The van der Waals surface area contributed by atoms with Crippen molar-refractivity contribution in [3.05, 3.63) is 11.6 Å². The Balaban J connectivity index is 1.29. The molecule has 6 aliphatic carbocycles. The highest BCUT2D eigenvalue weighted by atomic mass is 19.1. The predicted molar refractivity (Wildman–Crippen MR) is 166 cm³/mol. The van der Waals surface area contributed by atoms with Crippen molar-refractivity contribution in [2.45, 2.75) is 139 Å². The summed E-state index contributed by atoms with van der Waals surface area (Å²) in [6.07, 6.45) is 17.7. The average molecular weight is 569 g/mol. The number of aliphatic carboxylic acids is 1. The Labute approximate surface area is 251 Å². The Morgan fingerprint density at radius 2 is 1.54 bits per heavy atom. The number of alkyl halides is 1. The topological polar surface area (TPSA) is 37.3 Å². The SMILES string of the molecule is CC(C)[C@@H]1CC[C@]2(C)CC[C@]3(C)[C@H](CC[C@@H]4[C@@]5(C)CC=C(C6CCC(CF)(C(=O)O)CC6)C(C)(C)[C@@H]5CC[C@]43C)[C@@H]12. The molecule has 0 bridgehead atoms. The Kier molecular flexibility index (Phi) is 7.04. The third-order valence-electron chi connectivity index (χ3n) is 16.5. The molecule has 6 rings (SSSR count). The van der Waals surface area contributed by atoms with E-state index in [4.69, 9.17) is 0 Å². The van der Waals surface area contributed by atoms with E-state index in [2.05, 4.69) is 61.5 Å². The van der Waals surface area contributed by atoms with Crippen LogP contribution in [-0.4, -0.2) is 17.8 Å². The van der Waals surface area contributed by atoms with Gasteiger partial charge in [0.25, 0.3) is 0 Å². The molecule has 5 fully saturated rings. The zero-order chi connectivity index (χ0) is 29.8. The van der Waals surface area contributed by atoms with Gasteiger partial charge in [-0.25, -0.2) is 4.39 Å². The highest BCUT2D eigenvalue weighted by Gasteiger charge is 2.70. The van der Waals surface area contributed by atoms with Gasteiger partial charge in [0.05, 0.1) is 5.41 Å². The Bertz CT molecular complexity index is 1080. The molecule has 2 nitrogen and oxygen atoms in total. The number of fused-ring (bicyclic) bond motifs is 7. The molecule has 9 atom stereocenters. The van der Waals surface area contributed by atoms with Crippen LogP contribution in [0, 0.1) is 73.9 Å². The van der Waals surface area contributed by atoms with Crippen molar-refractivity contribution in [3.8, 4) is 0 Å². The molecule has 5 saturated carbocycles. The van der Waals surface area contributed by atoms with Crippen LogP contribution in [-0.2, 0) is 4.79 Å². The maximum absolute atomic E-state index is 13.9. The molecular formula is C38H61FO2. The summed E-state index contributed by atoms with van der Waals surface area (Å²) in [4.78, 5) is 11.9. The van der Waals surface area contributed by atoms with Crippen LogP contribution in [0.1, 0.15) is 139 Å². The van der Waals surface area contributed by atoms with E-state index >= 15 is 0 Å². The van der Waals surface area contributed by atoms with Gasteiger partial charge in [0.2, 0.25) is 0 Å². The van der Waals surface area contributed by atoms with Crippen molar-refractivity contribution in [3.63, 3.8) is 0 Å². The number of carbonyl (C=O) groups is 1. The number of halogens is 1. The summed E-state index contributed by atoms with van der Waals surface area (Å²) in [6.45, 7) is 20.2. The summed E-state index contributed by atoms with van der Waals surface area (Å²) in [5.74, 6) is 4.43. The summed E-state index contributed by atoms with van der Waals surface area (Å²) >= 11 is 0. The molecule has 6 aliphatic rings. The second-order valence-corrected chi connectivity index (χ2v) is 18.4. The first-order chi connectivity index (χ1) is 19.1. The lowest BCUT2D eigenvalue weighted by Crippen LogP contribution is -2.65. The monoisotopic (exact) mass is 568 g/mol. The molecule has 0 saturated heterocycles. The first kappa shape index (κ1) is 30.2. The van der Waals surface area contributed by atoms with Gasteiger partial charge < -0.3 is 5.11 Å². The summed E-state index contributed by atoms with van der Waals surface area (Å²) < 4.78 is 13.9. The normalized spacial score (nSPS) is 52.6. The highest BCUT2D eigenvalue weighted by Crippen LogP contribution is 2.77. The van der Waals surface area contributed by atoms with E-state index in [0.717, 1.165) is 42.4 Å². The van der Waals surface area contributed by atoms with E-state index in [1.807, 2.05) is 0 Å². The molecular weight excluding hydrogens is 507 g/mol. The molecule has 0 unspecified atom stereocenters. The molecule has 3 heteroatoms. The molecule has 0 spiro atoms. The maximum atomic E-state index is 13.9. The smallest absolute Gasteiger partial charge is 0.312 e. The average Bonchev–Trinajstić information content (AvgIpc) is 3.27. The zero-order valence-corrected chi connectivity index (χ0v) is 27.8. The lowest BCUT2D eigenvalue weighted by molar-refractivity contribution is -0.228. The molecule has 0 aromatic carbocycles. The summed E-state index contributed by atoms with van der Waals surface area (Å²) in [7, 11) is 0. The highest BCUT2D eigenvalue weighted by molar-refractivity contribution is 5.75. The molecule has 41 heavy (non-hydrogen) atoms. The van der Waals surface area contributed by atoms with Crippen LogP contribution in [0.3, 0.4) is 0 Å². The fraction of sp³-hybridized carbons (Fsp3) is 0.921. The Hall–Kier alpha value is -0.860. The van der Waals surface area contributed by atoms with Crippen LogP contribution >= 0.6 is 0 Å². The summed E-state index contributed by atoms with van der Waals surface area (Å²) in [6, 6.07) is 0. The van der Waals surface area contributed by atoms with Crippen LogP contribution in [0.4, 0.5) is 4.39 Å². The van der Waals surface area contributed by atoms with Gasteiger partial charge in [-0.2, -0.15) is 0 Å². The minimum atomic E-state index is -1.14. The molecule has 1 N–H and O–H groups in total. The minimum Gasteiger partial charge on any atom is -0.481 e. The van der Waals surface area contributed by atoms with Gasteiger partial charge in [-0.15, -0.1) is 0 Å². The maximum Gasteiger partial charge on any atom is 0.312 e. The second-order valence-electron chi connectivity index (χ2n) is 18.4. The van der Waals surface area contributed by atoms with Crippen LogP contribution in [0.25, 0.3) is 0 Å². The zero-order valence-electron chi connectivity index (χ0n) is 27.8. The van der Waals surface area contributed by atoms with Crippen LogP contribution in [0.2, 0.25) is 0 Å². The molecule has 0 heterocycles. The number of carboxylic acid groups (broad SMARTS) is 1. The summed E-state index contributed by atoms with van der Waals surface area (Å²) in [5.41, 5.74) is 2.29. The Morgan fingerprint density at radius 3 is 2.15 bits per heavy atom. The number of allylic oxidation sites excluding steroid dienone is 2. The van der Waals surface area contributed by atoms with Crippen LogP contribution in [0.15, 0.2) is 11.6 Å². The second kappa shape index (κ2) is 9.57. The Morgan fingerprint density at radius 1 is 0.854 bits per heavy atom. The van der Waals surface area contributed by atoms with Crippen molar-refractivity contribution in [1.29, 1.82) is 0 Å². The van der Waals surface area contributed by atoms with E-state index in [0.29, 0.717) is 46.3 Å². The van der Waals surface area contributed by atoms with E-state index < -0.39 is 18.1 Å². The minimum absolute atomic E-state index is 0.120. The fourth-order valence-corrected chi connectivity index (χ4v) is 14.0. The van der Waals surface area contributed by atoms with Gasteiger partial charge in [0.15, 0.2) is 0 Å². The van der Waals surface area contributed by atoms with Crippen molar-refractivity contribution in [2.75, 3.05) is 6.67 Å². The predicted octanol–water partition coefficient (Wildman–Crippen LogP) is 10.5. The largest absolute Gasteiger partial charge is 0.481 e.